The molecule has 0 fully saturated rings. The van der Waals surface area contributed by atoms with E-state index in [1.54, 1.807) is 14.2 Å². The second-order valence-electron chi connectivity index (χ2n) is 4.39. The third-order valence-electron chi connectivity index (χ3n) is 3.10. The SMILES string of the molecule is COc1ccccc1CC(C)N(C)S(=O)(=O)CCCl. The number of ether oxygens (including phenoxy) is 1. The van der Waals surface area contributed by atoms with Gasteiger partial charge in [-0.25, -0.2) is 12.7 Å². The molecule has 0 radical (unpaired) electrons. The predicted molar refractivity (Wildman–Crippen MR) is 78.4 cm³/mol. The molecule has 0 aliphatic heterocycles. The maximum atomic E-state index is 11.9. The summed E-state index contributed by atoms with van der Waals surface area (Å²) in [6.45, 7) is 1.87. The number of para-hydroxylation sites is 1. The summed E-state index contributed by atoms with van der Waals surface area (Å²) >= 11 is 5.52. The van der Waals surface area contributed by atoms with Gasteiger partial charge in [-0.2, -0.15) is 0 Å². The maximum Gasteiger partial charge on any atom is 0.215 e. The average molecular weight is 306 g/mol. The van der Waals surface area contributed by atoms with Crippen molar-refractivity contribution < 1.29 is 13.2 Å². The first-order chi connectivity index (χ1) is 8.92. The zero-order chi connectivity index (χ0) is 14.5. The van der Waals surface area contributed by atoms with Crippen LogP contribution in [0.3, 0.4) is 0 Å². The second-order valence-corrected chi connectivity index (χ2v) is 6.91. The fourth-order valence-corrected chi connectivity index (χ4v) is 3.52. The van der Waals surface area contributed by atoms with Crippen LogP contribution in [0, 0.1) is 0 Å². The molecular formula is C13H20ClNO3S. The molecule has 1 atom stereocenters. The molecule has 0 saturated carbocycles. The van der Waals surface area contributed by atoms with Gasteiger partial charge in [-0.05, 0) is 25.0 Å². The third kappa shape index (κ3) is 4.37. The largest absolute Gasteiger partial charge is 0.496 e. The summed E-state index contributed by atoms with van der Waals surface area (Å²) < 4.78 is 30.5. The molecule has 19 heavy (non-hydrogen) atoms. The number of likely N-dealkylation sites (N-methyl/N-ethyl adjacent to an activating group) is 1. The lowest BCUT2D eigenvalue weighted by Crippen LogP contribution is -2.38. The van der Waals surface area contributed by atoms with Crippen LogP contribution in [0.15, 0.2) is 24.3 Å². The Morgan fingerprint density at radius 3 is 2.58 bits per heavy atom. The molecule has 0 N–H and O–H groups in total. The van der Waals surface area contributed by atoms with E-state index in [1.807, 2.05) is 31.2 Å². The van der Waals surface area contributed by atoms with Crippen molar-refractivity contribution in [3.05, 3.63) is 29.8 Å². The minimum absolute atomic E-state index is 0.0404. The Morgan fingerprint density at radius 1 is 1.37 bits per heavy atom. The Labute approximate surface area is 120 Å². The zero-order valence-electron chi connectivity index (χ0n) is 11.5. The topological polar surface area (TPSA) is 46.6 Å². The zero-order valence-corrected chi connectivity index (χ0v) is 13.0. The summed E-state index contributed by atoms with van der Waals surface area (Å²) in [4.78, 5) is 0. The third-order valence-corrected chi connectivity index (χ3v) is 5.47. The highest BCUT2D eigenvalue weighted by Crippen LogP contribution is 2.21. The molecule has 1 unspecified atom stereocenters. The first-order valence-corrected chi connectivity index (χ1v) is 8.20. The fourth-order valence-electron chi connectivity index (χ4n) is 1.83. The van der Waals surface area contributed by atoms with Crippen molar-refractivity contribution in [1.82, 2.24) is 4.31 Å². The number of sulfonamides is 1. The van der Waals surface area contributed by atoms with Crippen LogP contribution >= 0.6 is 11.6 Å². The van der Waals surface area contributed by atoms with E-state index < -0.39 is 10.0 Å². The van der Waals surface area contributed by atoms with Crippen molar-refractivity contribution in [2.45, 2.75) is 19.4 Å². The van der Waals surface area contributed by atoms with E-state index in [9.17, 15) is 8.42 Å². The number of methoxy groups -OCH3 is 1. The molecule has 0 spiro atoms. The number of nitrogens with zero attached hydrogens (tertiary/aromatic N) is 1. The van der Waals surface area contributed by atoms with Crippen molar-refractivity contribution in [3.63, 3.8) is 0 Å². The van der Waals surface area contributed by atoms with Gasteiger partial charge in [-0.1, -0.05) is 18.2 Å². The standard InChI is InChI=1S/C13H20ClNO3S/c1-11(15(2)19(16,17)9-8-14)10-12-6-4-5-7-13(12)18-3/h4-7,11H,8-10H2,1-3H3. The molecule has 0 heterocycles. The molecule has 6 heteroatoms. The summed E-state index contributed by atoms with van der Waals surface area (Å²) in [6, 6.07) is 7.47. The maximum absolute atomic E-state index is 11.9. The van der Waals surface area contributed by atoms with Gasteiger partial charge in [0.25, 0.3) is 0 Å². The van der Waals surface area contributed by atoms with Crippen molar-refractivity contribution >= 4 is 21.6 Å². The van der Waals surface area contributed by atoms with E-state index in [0.717, 1.165) is 11.3 Å². The molecule has 1 aromatic carbocycles. The van der Waals surface area contributed by atoms with E-state index >= 15 is 0 Å². The van der Waals surface area contributed by atoms with Crippen LogP contribution in [-0.4, -0.2) is 44.6 Å². The molecule has 0 bridgehead atoms. The summed E-state index contributed by atoms with van der Waals surface area (Å²) in [5, 5.41) is 0. The Morgan fingerprint density at radius 2 is 2.00 bits per heavy atom. The molecule has 4 nitrogen and oxygen atoms in total. The van der Waals surface area contributed by atoms with Crippen LogP contribution < -0.4 is 4.74 Å². The van der Waals surface area contributed by atoms with Crippen LogP contribution in [-0.2, 0) is 16.4 Å². The van der Waals surface area contributed by atoms with E-state index in [2.05, 4.69) is 0 Å². The van der Waals surface area contributed by atoms with Gasteiger partial charge in [-0.3, -0.25) is 0 Å². The molecule has 0 aromatic heterocycles. The number of hydrogen-bond acceptors (Lipinski definition) is 3. The first kappa shape index (κ1) is 16.3. The normalized spacial score (nSPS) is 13.5. The highest BCUT2D eigenvalue weighted by atomic mass is 35.5. The van der Waals surface area contributed by atoms with Crippen LogP contribution in [0.2, 0.25) is 0 Å². The molecule has 0 saturated heterocycles. The number of alkyl halides is 1. The van der Waals surface area contributed by atoms with E-state index in [4.69, 9.17) is 16.3 Å². The first-order valence-electron chi connectivity index (χ1n) is 6.06. The van der Waals surface area contributed by atoms with Gasteiger partial charge in [0, 0.05) is 19.0 Å². The number of halogens is 1. The molecule has 0 amide bonds. The molecular weight excluding hydrogens is 286 g/mol. The molecule has 1 rings (SSSR count). The van der Waals surface area contributed by atoms with Crippen LogP contribution in [0.1, 0.15) is 12.5 Å². The van der Waals surface area contributed by atoms with Gasteiger partial charge < -0.3 is 4.74 Å². The summed E-state index contributed by atoms with van der Waals surface area (Å²) in [7, 11) is -0.0948. The minimum atomic E-state index is -3.29. The summed E-state index contributed by atoms with van der Waals surface area (Å²) in [6.07, 6.45) is 0.599. The monoisotopic (exact) mass is 305 g/mol. The van der Waals surface area contributed by atoms with E-state index in [0.29, 0.717) is 6.42 Å². The van der Waals surface area contributed by atoms with Crippen molar-refractivity contribution in [2.75, 3.05) is 25.8 Å². The summed E-state index contributed by atoms with van der Waals surface area (Å²) in [5.41, 5.74) is 0.991. The molecule has 1 aromatic rings. The van der Waals surface area contributed by atoms with Gasteiger partial charge >= 0.3 is 0 Å². The van der Waals surface area contributed by atoms with Gasteiger partial charge in [0.15, 0.2) is 0 Å². The van der Waals surface area contributed by atoms with Gasteiger partial charge in [0.05, 0.1) is 12.9 Å². The van der Waals surface area contributed by atoms with Gasteiger partial charge in [0.2, 0.25) is 10.0 Å². The lowest BCUT2D eigenvalue weighted by atomic mass is 10.1. The Balaban J connectivity index is 2.82. The lowest BCUT2D eigenvalue weighted by Gasteiger charge is -2.24. The Hall–Kier alpha value is -0.780. The Kier molecular flexibility index (Phi) is 6.10. The van der Waals surface area contributed by atoms with Crippen LogP contribution in [0.25, 0.3) is 0 Å². The summed E-state index contributed by atoms with van der Waals surface area (Å²) in [5.74, 6) is 0.840. The molecule has 0 aliphatic rings. The second kappa shape index (κ2) is 7.12. The van der Waals surface area contributed by atoms with Gasteiger partial charge in [0.1, 0.15) is 5.75 Å². The van der Waals surface area contributed by atoms with E-state index in [1.165, 1.54) is 4.31 Å². The van der Waals surface area contributed by atoms with Gasteiger partial charge in [-0.15, -0.1) is 11.6 Å². The van der Waals surface area contributed by atoms with Crippen LogP contribution in [0.4, 0.5) is 0 Å². The quantitative estimate of drug-likeness (QED) is 0.725. The lowest BCUT2D eigenvalue weighted by molar-refractivity contribution is 0.374. The molecule has 108 valence electrons. The van der Waals surface area contributed by atoms with Crippen molar-refractivity contribution in [1.29, 1.82) is 0 Å². The van der Waals surface area contributed by atoms with Crippen molar-refractivity contribution in [2.24, 2.45) is 0 Å². The highest BCUT2D eigenvalue weighted by molar-refractivity contribution is 7.89. The van der Waals surface area contributed by atoms with Crippen LogP contribution in [0.5, 0.6) is 5.75 Å². The molecule has 0 aliphatic carbocycles. The number of hydrogen-bond donors (Lipinski definition) is 0. The Bertz CT molecular complexity index is 504. The van der Waals surface area contributed by atoms with E-state index in [-0.39, 0.29) is 17.7 Å². The number of rotatable bonds is 7. The smallest absolute Gasteiger partial charge is 0.215 e. The van der Waals surface area contributed by atoms with Crippen molar-refractivity contribution in [3.8, 4) is 5.75 Å². The highest BCUT2D eigenvalue weighted by Gasteiger charge is 2.23. The predicted octanol–water partition coefficient (Wildman–Crippen LogP) is 2.13. The average Bonchev–Trinajstić information content (AvgIpc) is 2.38. The fraction of sp³-hybridized carbons (Fsp3) is 0.538. The minimum Gasteiger partial charge on any atom is -0.496 e. The number of benzene rings is 1.